The molecule has 2 heterocycles. The van der Waals surface area contributed by atoms with Gasteiger partial charge in [-0.2, -0.15) is 10.4 Å². The van der Waals surface area contributed by atoms with Crippen LogP contribution < -0.4 is 4.90 Å². The number of carbonyl (C=O) groups is 1. The summed E-state index contributed by atoms with van der Waals surface area (Å²) in [6.45, 7) is -4.83. The van der Waals surface area contributed by atoms with Crippen LogP contribution in [0, 0.1) is 11.3 Å². The Balaban J connectivity index is 2.17. The van der Waals surface area contributed by atoms with E-state index in [0.717, 1.165) is 6.92 Å². The van der Waals surface area contributed by atoms with Crippen LogP contribution in [0.5, 0.6) is 0 Å². The minimum Gasteiger partial charge on any atom is -0.313 e. The van der Waals surface area contributed by atoms with Gasteiger partial charge in [0.25, 0.3) is 0 Å². The molecule has 0 spiro atoms. The second kappa shape index (κ2) is 5.89. The van der Waals surface area contributed by atoms with Gasteiger partial charge < -0.3 is 4.90 Å². The first-order valence-electron chi connectivity index (χ1n) is 9.22. The van der Waals surface area contributed by atoms with Gasteiger partial charge in [0, 0.05) is 37.7 Å². The van der Waals surface area contributed by atoms with Gasteiger partial charge in [0.1, 0.15) is 11.6 Å². The highest BCUT2D eigenvalue weighted by atomic mass is 16.2. The Kier molecular flexibility index (Phi) is 2.50. The molecular formula is C17H15N5O. The fraction of sp³-hybridized carbons (Fsp3) is 0.176. The topological polar surface area (TPSA) is 74.3 Å². The maximum atomic E-state index is 12.1. The molecule has 114 valence electrons. The summed E-state index contributed by atoms with van der Waals surface area (Å²) in [5.74, 6) is -0.746. The summed E-state index contributed by atoms with van der Waals surface area (Å²) in [6, 6.07) is 9.88. The Morgan fingerprint density at radius 3 is 3.13 bits per heavy atom. The number of hydrogen-bond donors (Lipinski definition) is 0. The number of carbonyl (C=O) groups excluding carboxylic acids is 1. The van der Waals surface area contributed by atoms with Crippen LogP contribution in [0.25, 0.3) is 16.9 Å². The minimum absolute atomic E-state index is 0.0868. The lowest BCUT2D eigenvalue weighted by atomic mass is 10.1. The third kappa shape index (κ3) is 2.53. The molecule has 0 aliphatic carbocycles. The summed E-state index contributed by atoms with van der Waals surface area (Å²) in [4.78, 5) is 16.9. The Labute approximate surface area is 140 Å². The predicted octanol–water partition coefficient (Wildman–Crippen LogP) is 2.64. The van der Waals surface area contributed by atoms with Gasteiger partial charge in [-0.25, -0.2) is 9.50 Å². The number of nitriles is 1. The van der Waals surface area contributed by atoms with Crippen molar-refractivity contribution in [1.82, 2.24) is 14.6 Å². The standard InChI is InChI=1S/C17H15N5O/c1-3-21(12(2)23)15-6-4-5-13(9-15)16-7-8-19-17-14(10-18)11-20-22(16)17/h4-9,11H,3H2,1-2H3/i1D3,3D2. The molecule has 0 atom stereocenters. The average Bonchev–Trinajstić information content (AvgIpc) is 3.03. The monoisotopic (exact) mass is 310 g/mol. The first kappa shape index (κ1) is 9.74. The van der Waals surface area contributed by atoms with E-state index >= 15 is 0 Å². The molecular weight excluding hydrogens is 290 g/mol. The lowest BCUT2D eigenvalue weighted by Gasteiger charge is -2.19. The summed E-state index contributed by atoms with van der Waals surface area (Å²) in [6.07, 6.45) is 2.88. The molecule has 3 aromatic rings. The van der Waals surface area contributed by atoms with Crippen LogP contribution >= 0.6 is 0 Å². The quantitative estimate of drug-likeness (QED) is 0.745. The van der Waals surface area contributed by atoms with E-state index in [0.29, 0.717) is 27.4 Å². The molecule has 0 aliphatic rings. The molecule has 0 saturated heterocycles. The molecule has 23 heavy (non-hydrogen) atoms. The van der Waals surface area contributed by atoms with Crippen LogP contribution in [-0.2, 0) is 4.79 Å². The van der Waals surface area contributed by atoms with E-state index in [9.17, 15) is 4.79 Å². The number of hydrogen-bond acceptors (Lipinski definition) is 4. The number of rotatable bonds is 3. The number of fused-ring (bicyclic) bond motifs is 1. The number of aromatic nitrogens is 3. The smallest absolute Gasteiger partial charge is 0.223 e. The second-order valence-electron chi connectivity index (χ2n) is 4.75. The molecule has 1 amide bonds. The zero-order valence-electron chi connectivity index (χ0n) is 17.2. The van der Waals surface area contributed by atoms with Crippen molar-refractivity contribution in [3.63, 3.8) is 0 Å². The molecule has 3 rings (SSSR count). The van der Waals surface area contributed by atoms with E-state index in [1.807, 2.05) is 6.07 Å². The Morgan fingerprint density at radius 2 is 2.39 bits per heavy atom. The largest absolute Gasteiger partial charge is 0.313 e. The zero-order valence-corrected chi connectivity index (χ0v) is 12.2. The fourth-order valence-corrected chi connectivity index (χ4v) is 2.32. The molecule has 0 bridgehead atoms. The average molecular weight is 310 g/mol. The second-order valence-corrected chi connectivity index (χ2v) is 4.75. The van der Waals surface area contributed by atoms with Crippen LogP contribution in [0.1, 0.15) is 26.2 Å². The van der Waals surface area contributed by atoms with Gasteiger partial charge in [0.2, 0.25) is 5.91 Å². The van der Waals surface area contributed by atoms with E-state index in [1.165, 1.54) is 29.0 Å². The van der Waals surface area contributed by atoms with Crippen LogP contribution in [-0.4, -0.2) is 27.0 Å². The maximum Gasteiger partial charge on any atom is 0.223 e. The molecule has 0 unspecified atom stereocenters. The Bertz CT molecular complexity index is 1100. The lowest BCUT2D eigenvalue weighted by Crippen LogP contribution is -2.27. The van der Waals surface area contributed by atoms with Gasteiger partial charge >= 0.3 is 0 Å². The molecule has 1 aromatic carbocycles. The van der Waals surface area contributed by atoms with Gasteiger partial charge in [-0.1, -0.05) is 12.1 Å². The number of anilines is 1. The summed E-state index contributed by atoms with van der Waals surface area (Å²) in [7, 11) is 0. The summed E-state index contributed by atoms with van der Waals surface area (Å²) in [5.41, 5.74) is 1.83. The Morgan fingerprint density at radius 1 is 1.52 bits per heavy atom. The van der Waals surface area contributed by atoms with Crippen molar-refractivity contribution in [2.24, 2.45) is 0 Å². The van der Waals surface area contributed by atoms with E-state index in [-0.39, 0.29) is 5.69 Å². The number of amides is 1. The SMILES string of the molecule is [2H]C([2H])([2H])C([2H])([2H])N(C(C)=O)c1cccc(-c2ccnc3c(C#N)cnn23)c1. The van der Waals surface area contributed by atoms with Crippen LogP contribution in [0.15, 0.2) is 42.7 Å². The first-order valence-corrected chi connectivity index (χ1v) is 6.72. The van der Waals surface area contributed by atoms with Gasteiger partial charge in [-0.3, -0.25) is 4.79 Å². The van der Waals surface area contributed by atoms with Gasteiger partial charge in [0.05, 0.1) is 11.9 Å². The third-order valence-corrected chi connectivity index (χ3v) is 3.35. The van der Waals surface area contributed by atoms with E-state index in [1.54, 1.807) is 18.2 Å². The number of nitrogens with zero attached hydrogens (tertiary/aromatic N) is 5. The van der Waals surface area contributed by atoms with Crippen molar-refractivity contribution in [2.75, 3.05) is 11.4 Å². The first-order chi connectivity index (χ1) is 13.1. The van der Waals surface area contributed by atoms with Crippen LogP contribution in [0.4, 0.5) is 5.69 Å². The van der Waals surface area contributed by atoms with Crippen LogP contribution in [0.3, 0.4) is 0 Å². The molecule has 0 fully saturated rings. The molecule has 0 saturated carbocycles. The van der Waals surface area contributed by atoms with Gasteiger partial charge in [-0.05, 0) is 25.1 Å². The molecule has 2 aromatic heterocycles. The highest BCUT2D eigenvalue weighted by molar-refractivity contribution is 5.92. The van der Waals surface area contributed by atoms with Crippen molar-refractivity contribution >= 4 is 17.2 Å². The molecule has 0 radical (unpaired) electrons. The van der Waals surface area contributed by atoms with Crippen LogP contribution in [0.2, 0.25) is 0 Å². The molecule has 0 N–H and O–H groups in total. The molecule has 0 aliphatic heterocycles. The normalized spacial score (nSPS) is 14.9. The number of benzene rings is 1. The van der Waals surface area contributed by atoms with Gasteiger partial charge in [0.15, 0.2) is 5.65 Å². The van der Waals surface area contributed by atoms with E-state index < -0.39 is 19.3 Å². The van der Waals surface area contributed by atoms with Crippen molar-refractivity contribution in [3.05, 3.63) is 48.3 Å². The minimum atomic E-state index is -3.04. The van der Waals surface area contributed by atoms with E-state index in [2.05, 4.69) is 10.1 Å². The third-order valence-electron chi connectivity index (χ3n) is 3.35. The van der Waals surface area contributed by atoms with Crippen molar-refractivity contribution in [2.45, 2.75) is 13.8 Å². The van der Waals surface area contributed by atoms with E-state index in [4.69, 9.17) is 12.1 Å². The fourth-order valence-electron chi connectivity index (χ4n) is 2.32. The molecule has 6 heteroatoms. The maximum absolute atomic E-state index is 12.1. The summed E-state index contributed by atoms with van der Waals surface area (Å²) >= 11 is 0. The lowest BCUT2D eigenvalue weighted by molar-refractivity contribution is -0.116. The van der Waals surface area contributed by atoms with Crippen molar-refractivity contribution in [1.29, 1.82) is 5.26 Å². The highest BCUT2D eigenvalue weighted by Gasteiger charge is 2.13. The van der Waals surface area contributed by atoms with Crippen molar-refractivity contribution < 1.29 is 11.6 Å². The Hall–Kier alpha value is -3.20. The highest BCUT2D eigenvalue weighted by Crippen LogP contribution is 2.25. The van der Waals surface area contributed by atoms with Gasteiger partial charge in [-0.15, -0.1) is 0 Å². The zero-order chi connectivity index (χ0) is 20.7. The summed E-state index contributed by atoms with van der Waals surface area (Å²) in [5, 5.41) is 13.3. The summed E-state index contributed by atoms with van der Waals surface area (Å²) < 4.78 is 39.8. The molecule has 6 nitrogen and oxygen atoms in total. The predicted molar refractivity (Wildman–Crippen MR) is 86.8 cm³/mol. The van der Waals surface area contributed by atoms with Crippen molar-refractivity contribution in [3.8, 4) is 17.3 Å².